The van der Waals surface area contributed by atoms with Crippen molar-refractivity contribution in [2.45, 2.75) is 26.4 Å². The fourth-order valence-corrected chi connectivity index (χ4v) is 4.87. The number of fused-ring (bicyclic) bond motifs is 1. The summed E-state index contributed by atoms with van der Waals surface area (Å²) in [7, 11) is -3.24. The first-order chi connectivity index (χ1) is 13.0. The number of benzene rings is 1. The molecule has 1 aromatic rings. The van der Waals surface area contributed by atoms with Crippen LogP contribution in [0.25, 0.3) is 0 Å². The lowest BCUT2D eigenvalue weighted by molar-refractivity contribution is 0.0987. The molecule has 7 heteroatoms. The number of hydrogen-bond donors (Lipinski definition) is 0. The molecule has 1 unspecified atom stereocenters. The molecule has 1 aliphatic carbocycles. The van der Waals surface area contributed by atoms with E-state index >= 15 is 0 Å². The molecule has 0 spiro atoms. The molecule has 1 heterocycles. The van der Waals surface area contributed by atoms with Crippen LogP contribution in [0, 0.1) is 5.92 Å². The Balaban J connectivity index is 1.60. The second-order valence-corrected chi connectivity index (χ2v) is 9.42. The summed E-state index contributed by atoms with van der Waals surface area (Å²) in [5, 5.41) is 0.712. The van der Waals surface area contributed by atoms with Crippen molar-refractivity contribution in [3.05, 3.63) is 58.3 Å². The molecule has 0 bridgehead atoms. The molecule has 2 aliphatic rings. The Bertz CT molecular complexity index is 802. The Morgan fingerprint density at radius 1 is 1.30 bits per heavy atom. The van der Waals surface area contributed by atoms with E-state index in [2.05, 4.69) is 12.2 Å². The maximum atomic E-state index is 12.4. The van der Waals surface area contributed by atoms with Gasteiger partial charge in [-0.25, -0.2) is 8.42 Å². The van der Waals surface area contributed by atoms with E-state index in [1.165, 1.54) is 0 Å². The first kappa shape index (κ1) is 20.4. The molecule has 0 radical (unpaired) electrons. The Kier molecular flexibility index (Phi) is 6.98. The van der Waals surface area contributed by atoms with Gasteiger partial charge in [-0.1, -0.05) is 36.7 Å². The summed E-state index contributed by atoms with van der Waals surface area (Å²) in [4.78, 5) is 0. The van der Waals surface area contributed by atoms with Crippen molar-refractivity contribution in [3.8, 4) is 0 Å². The van der Waals surface area contributed by atoms with E-state index in [9.17, 15) is 8.42 Å². The average Bonchev–Trinajstić information content (AvgIpc) is 2.86. The third kappa shape index (κ3) is 5.57. The van der Waals surface area contributed by atoms with E-state index < -0.39 is 10.0 Å². The van der Waals surface area contributed by atoms with Crippen LogP contribution < -0.4 is 0 Å². The predicted molar refractivity (Wildman–Crippen MR) is 107 cm³/mol. The summed E-state index contributed by atoms with van der Waals surface area (Å²) in [6.07, 6.45) is 5.61. The lowest BCUT2D eigenvalue weighted by atomic mass is 9.95. The fraction of sp³-hybridized carbons (Fsp3) is 0.500. The highest BCUT2D eigenvalue weighted by Crippen LogP contribution is 2.28. The maximum absolute atomic E-state index is 12.4. The number of sulfonamides is 1. The first-order valence-corrected chi connectivity index (χ1v) is 11.3. The molecule has 1 atom stereocenters. The van der Waals surface area contributed by atoms with Crippen LogP contribution >= 0.6 is 11.6 Å². The SMILES string of the molecule is CCCS(=O)(=O)N1CCOC2=CCC(COCc3ccc(Cl)cc3)C=C2C1. The fourth-order valence-electron chi connectivity index (χ4n) is 3.28. The van der Waals surface area contributed by atoms with Gasteiger partial charge in [0.25, 0.3) is 0 Å². The van der Waals surface area contributed by atoms with E-state index in [-0.39, 0.29) is 11.7 Å². The molecule has 148 valence electrons. The van der Waals surface area contributed by atoms with Crippen molar-refractivity contribution < 1.29 is 17.9 Å². The zero-order valence-electron chi connectivity index (χ0n) is 15.6. The number of nitrogens with zero attached hydrogens (tertiary/aromatic N) is 1. The number of allylic oxidation sites excluding steroid dienone is 1. The summed E-state index contributed by atoms with van der Waals surface area (Å²) in [6, 6.07) is 7.61. The molecule has 0 N–H and O–H groups in total. The minimum Gasteiger partial charge on any atom is -0.492 e. The van der Waals surface area contributed by atoms with Gasteiger partial charge in [0.2, 0.25) is 10.0 Å². The number of ether oxygens (including phenoxy) is 2. The average molecular weight is 412 g/mol. The van der Waals surface area contributed by atoms with Gasteiger partial charge in [0.1, 0.15) is 12.4 Å². The van der Waals surface area contributed by atoms with Crippen LogP contribution in [0.4, 0.5) is 0 Å². The Labute approximate surface area is 166 Å². The van der Waals surface area contributed by atoms with Gasteiger partial charge < -0.3 is 9.47 Å². The highest BCUT2D eigenvalue weighted by molar-refractivity contribution is 7.89. The zero-order chi connectivity index (χ0) is 19.3. The van der Waals surface area contributed by atoms with Gasteiger partial charge in [-0.2, -0.15) is 4.31 Å². The summed E-state index contributed by atoms with van der Waals surface area (Å²) in [5.41, 5.74) is 2.02. The predicted octanol–water partition coefficient (Wildman–Crippen LogP) is 3.76. The quantitative estimate of drug-likeness (QED) is 0.685. The Hall–Kier alpha value is -1.34. The lowest BCUT2D eigenvalue weighted by Crippen LogP contribution is -2.35. The lowest BCUT2D eigenvalue weighted by Gasteiger charge is -2.23. The topological polar surface area (TPSA) is 55.8 Å². The number of hydrogen-bond acceptors (Lipinski definition) is 4. The van der Waals surface area contributed by atoms with Gasteiger partial charge in [-0.15, -0.1) is 0 Å². The molecule has 1 aliphatic heterocycles. The van der Waals surface area contributed by atoms with Gasteiger partial charge >= 0.3 is 0 Å². The maximum Gasteiger partial charge on any atom is 0.214 e. The van der Waals surface area contributed by atoms with Crippen molar-refractivity contribution in [3.63, 3.8) is 0 Å². The van der Waals surface area contributed by atoms with Gasteiger partial charge in [0.15, 0.2) is 0 Å². The van der Waals surface area contributed by atoms with Gasteiger partial charge in [-0.05, 0) is 36.6 Å². The van der Waals surface area contributed by atoms with E-state index in [0.717, 1.165) is 23.3 Å². The molecule has 0 aromatic heterocycles. The molecular weight excluding hydrogens is 386 g/mol. The third-order valence-electron chi connectivity index (χ3n) is 4.67. The van der Waals surface area contributed by atoms with E-state index in [1.54, 1.807) is 4.31 Å². The minimum absolute atomic E-state index is 0.174. The largest absolute Gasteiger partial charge is 0.492 e. The standard InChI is InChI=1S/C20H26ClNO4S/c1-2-11-27(23,24)22-9-10-26-20-8-5-17(12-18(20)13-22)15-25-14-16-3-6-19(21)7-4-16/h3-4,6-8,12,17H,2,5,9-11,13-15H2,1H3. The molecule has 27 heavy (non-hydrogen) atoms. The molecule has 1 fully saturated rings. The van der Waals surface area contributed by atoms with Crippen LogP contribution in [0.1, 0.15) is 25.3 Å². The van der Waals surface area contributed by atoms with Gasteiger partial charge in [0.05, 0.1) is 19.0 Å². The highest BCUT2D eigenvalue weighted by atomic mass is 35.5. The van der Waals surface area contributed by atoms with Crippen molar-refractivity contribution >= 4 is 21.6 Å². The smallest absolute Gasteiger partial charge is 0.214 e. The van der Waals surface area contributed by atoms with Crippen LogP contribution in [0.2, 0.25) is 5.02 Å². The van der Waals surface area contributed by atoms with Crippen molar-refractivity contribution in [1.29, 1.82) is 0 Å². The van der Waals surface area contributed by atoms with Crippen molar-refractivity contribution in [1.82, 2.24) is 4.31 Å². The van der Waals surface area contributed by atoms with Crippen molar-refractivity contribution in [2.75, 3.05) is 32.1 Å². The van der Waals surface area contributed by atoms with E-state index in [4.69, 9.17) is 21.1 Å². The molecule has 5 nitrogen and oxygen atoms in total. The van der Waals surface area contributed by atoms with E-state index in [0.29, 0.717) is 44.4 Å². The third-order valence-corrected chi connectivity index (χ3v) is 6.95. The normalized spacial score (nSPS) is 20.9. The summed E-state index contributed by atoms with van der Waals surface area (Å²) >= 11 is 5.90. The Morgan fingerprint density at radius 2 is 2.07 bits per heavy atom. The number of halogens is 1. The highest BCUT2D eigenvalue weighted by Gasteiger charge is 2.28. The van der Waals surface area contributed by atoms with E-state index in [1.807, 2.05) is 31.2 Å². The van der Waals surface area contributed by atoms with Gasteiger partial charge in [0, 0.05) is 29.6 Å². The van der Waals surface area contributed by atoms with Crippen LogP contribution in [0.5, 0.6) is 0 Å². The monoisotopic (exact) mass is 411 g/mol. The molecule has 1 aromatic carbocycles. The molecule has 0 saturated carbocycles. The first-order valence-electron chi connectivity index (χ1n) is 9.32. The van der Waals surface area contributed by atoms with Crippen LogP contribution in [-0.4, -0.2) is 44.8 Å². The second kappa shape index (κ2) is 9.24. The second-order valence-electron chi connectivity index (χ2n) is 6.90. The minimum atomic E-state index is -3.24. The van der Waals surface area contributed by atoms with Gasteiger partial charge in [-0.3, -0.25) is 0 Å². The Morgan fingerprint density at radius 3 is 2.81 bits per heavy atom. The number of rotatable bonds is 7. The van der Waals surface area contributed by atoms with Crippen LogP contribution in [-0.2, 0) is 26.1 Å². The van der Waals surface area contributed by atoms with Crippen LogP contribution in [0.3, 0.4) is 0 Å². The van der Waals surface area contributed by atoms with Crippen molar-refractivity contribution in [2.24, 2.45) is 5.92 Å². The van der Waals surface area contributed by atoms with Crippen LogP contribution in [0.15, 0.2) is 47.7 Å². The molecular formula is C20H26ClNO4S. The molecule has 3 rings (SSSR count). The summed E-state index contributed by atoms with van der Waals surface area (Å²) in [6.45, 7) is 4.16. The molecule has 1 saturated heterocycles. The molecule has 0 amide bonds. The zero-order valence-corrected chi connectivity index (χ0v) is 17.1. The summed E-state index contributed by atoms with van der Waals surface area (Å²) < 4.78 is 38.0. The summed E-state index contributed by atoms with van der Waals surface area (Å²) in [5.74, 6) is 1.21.